The van der Waals surface area contributed by atoms with Crippen LogP contribution >= 0.6 is 12.6 Å². The van der Waals surface area contributed by atoms with Crippen LogP contribution in [-0.4, -0.2) is 35.9 Å². The number of hydrogen-bond acceptors (Lipinski definition) is 4. The van der Waals surface area contributed by atoms with Gasteiger partial charge < -0.3 is 13.3 Å². The third kappa shape index (κ3) is 24.5. The molecule has 0 heterocycles. The zero-order valence-corrected chi connectivity index (χ0v) is 26.2. The van der Waals surface area contributed by atoms with Crippen LogP contribution in [0.1, 0.15) is 161 Å². The molecule has 0 amide bonds. The highest BCUT2D eigenvalue weighted by molar-refractivity contribution is 7.80. The van der Waals surface area contributed by atoms with Crippen molar-refractivity contribution >= 4 is 21.4 Å². The standard InChI is InChI=1S/C30H64O3SSi/c1-31-35(32-2,33-3)30-28-26-24-22-20-18-16-14-12-10-8-6-4-5-7-9-11-13-15-17-19-21-23-25-27-29-34/h34H,4-30H2,1-3H3. The molecule has 3 nitrogen and oxygen atoms in total. The minimum absolute atomic E-state index is 0.939. The van der Waals surface area contributed by atoms with Crippen LogP contribution < -0.4 is 0 Å². The van der Waals surface area contributed by atoms with Crippen LogP contribution in [0, 0.1) is 0 Å². The Morgan fingerprint density at radius 3 is 0.743 bits per heavy atom. The summed E-state index contributed by atoms with van der Waals surface area (Å²) >= 11 is 4.28. The number of unbranched alkanes of at least 4 members (excludes halogenated alkanes) is 24. The highest BCUT2D eigenvalue weighted by Gasteiger charge is 2.36. The van der Waals surface area contributed by atoms with Crippen molar-refractivity contribution in [3.63, 3.8) is 0 Å². The van der Waals surface area contributed by atoms with E-state index in [4.69, 9.17) is 13.3 Å². The summed E-state index contributed by atoms with van der Waals surface area (Å²) in [6, 6.07) is 0.939. The van der Waals surface area contributed by atoms with Gasteiger partial charge in [-0.3, -0.25) is 0 Å². The molecule has 5 heteroatoms. The van der Waals surface area contributed by atoms with Gasteiger partial charge in [-0.1, -0.05) is 148 Å². The predicted molar refractivity (Wildman–Crippen MR) is 161 cm³/mol. The Kier molecular flexibility index (Phi) is 29.4. The lowest BCUT2D eigenvalue weighted by atomic mass is 10.0. The van der Waals surface area contributed by atoms with E-state index >= 15 is 0 Å². The van der Waals surface area contributed by atoms with Crippen molar-refractivity contribution < 1.29 is 13.3 Å². The summed E-state index contributed by atoms with van der Waals surface area (Å²) in [5, 5.41) is 0. The molecule has 0 aromatic carbocycles. The monoisotopic (exact) mass is 532 g/mol. The van der Waals surface area contributed by atoms with Gasteiger partial charge >= 0.3 is 8.80 Å². The van der Waals surface area contributed by atoms with Crippen molar-refractivity contribution in [1.82, 2.24) is 0 Å². The summed E-state index contributed by atoms with van der Waals surface area (Å²) in [4.78, 5) is 0. The number of thiol groups is 1. The molecule has 0 aliphatic heterocycles. The Hall–Kier alpha value is 0.447. The van der Waals surface area contributed by atoms with Gasteiger partial charge in [0.25, 0.3) is 0 Å². The third-order valence-electron chi connectivity index (χ3n) is 7.57. The lowest BCUT2D eigenvalue weighted by Gasteiger charge is -2.24. The predicted octanol–water partition coefficient (Wildman–Crippen LogP) is 10.5. The van der Waals surface area contributed by atoms with Gasteiger partial charge in [0.1, 0.15) is 0 Å². The van der Waals surface area contributed by atoms with E-state index < -0.39 is 8.80 Å². The van der Waals surface area contributed by atoms with E-state index in [1.807, 2.05) is 0 Å². The van der Waals surface area contributed by atoms with Gasteiger partial charge in [0.05, 0.1) is 0 Å². The van der Waals surface area contributed by atoms with Crippen LogP contribution in [0.5, 0.6) is 0 Å². The van der Waals surface area contributed by atoms with Gasteiger partial charge in [-0.25, -0.2) is 0 Å². The molecule has 212 valence electrons. The molecule has 0 spiro atoms. The molecule has 0 unspecified atom stereocenters. The van der Waals surface area contributed by atoms with E-state index in [0.29, 0.717) is 0 Å². The molecule has 0 rings (SSSR count). The Labute approximate surface area is 228 Å². The first-order valence-corrected chi connectivity index (χ1v) is 18.1. The molecule has 0 aliphatic rings. The highest BCUT2D eigenvalue weighted by atomic mass is 32.1. The summed E-state index contributed by atoms with van der Waals surface area (Å²) in [5.74, 6) is 1.06. The molecule has 0 aliphatic carbocycles. The summed E-state index contributed by atoms with van der Waals surface area (Å²) < 4.78 is 16.5. The molecule has 0 radical (unpaired) electrons. The molecule has 0 aromatic rings. The molecular weight excluding hydrogens is 468 g/mol. The first-order valence-electron chi connectivity index (χ1n) is 15.5. The fourth-order valence-corrected chi connectivity index (χ4v) is 7.09. The summed E-state index contributed by atoms with van der Waals surface area (Å²) in [7, 11) is 2.78. The molecule has 0 saturated heterocycles. The maximum absolute atomic E-state index is 5.49. The van der Waals surface area contributed by atoms with Gasteiger partial charge in [-0.05, 0) is 18.6 Å². The van der Waals surface area contributed by atoms with Crippen LogP contribution in [0.4, 0.5) is 0 Å². The molecule has 0 aromatic heterocycles. The zero-order chi connectivity index (χ0) is 25.7. The van der Waals surface area contributed by atoms with Crippen molar-refractivity contribution in [3.05, 3.63) is 0 Å². The van der Waals surface area contributed by atoms with Crippen LogP contribution in [0.3, 0.4) is 0 Å². The quantitative estimate of drug-likeness (QED) is 0.0566. The van der Waals surface area contributed by atoms with Gasteiger partial charge in [0.2, 0.25) is 0 Å². The Morgan fingerprint density at radius 1 is 0.343 bits per heavy atom. The Balaban J connectivity index is 3.14. The molecular formula is C30H64O3SSi. The van der Waals surface area contributed by atoms with Gasteiger partial charge in [-0.2, -0.15) is 12.6 Å². The van der Waals surface area contributed by atoms with Crippen LogP contribution in [0.25, 0.3) is 0 Å². The second kappa shape index (κ2) is 29.0. The second-order valence-electron chi connectivity index (χ2n) is 10.6. The van der Waals surface area contributed by atoms with Gasteiger partial charge in [-0.15, -0.1) is 0 Å². The number of rotatable bonds is 30. The maximum atomic E-state index is 5.49. The second-order valence-corrected chi connectivity index (χ2v) is 14.1. The molecule has 0 atom stereocenters. The van der Waals surface area contributed by atoms with Crippen molar-refractivity contribution in [2.24, 2.45) is 0 Å². The molecule has 0 bridgehead atoms. The fraction of sp³-hybridized carbons (Fsp3) is 1.00. The third-order valence-corrected chi connectivity index (χ3v) is 10.7. The first-order chi connectivity index (χ1) is 17.2. The van der Waals surface area contributed by atoms with Gasteiger partial charge in [0.15, 0.2) is 0 Å². The smallest absolute Gasteiger partial charge is 0.377 e. The van der Waals surface area contributed by atoms with E-state index in [1.54, 1.807) is 21.3 Å². The van der Waals surface area contributed by atoms with Crippen LogP contribution in [0.15, 0.2) is 0 Å². The molecule has 35 heavy (non-hydrogen) atoms. The fourth-order valence-electron chi connectivity index (χ4n) is 5.08. The largest absolute Gasteiger partial charge is 0.500 e. The maximum Gasteiger partial charge on any atom is 0.500 e. The zero-order valence-electron chi connectivity index (χ0n) is 24.3. The lowest BCUT2D eigenvalue weighted by Crippen LogP contribution is -2.42. The van der Waals surface area contributed by atoms with Crippen molar-refractivity contribution in [2.75, 3.05) is 27.1 Å². The van der Waals surface area contributed by atoms with Crippen molar-refractivity contribution in [1.29, 1.82) is 0 Å². The topological polar surface area (TPSA) is 27.7 Å². The average Bonchev–Trinajstić information content (AvgIpc) is 2.89. The van der Waals surface area contributed by atoms with Gasteiger partial charge in [0, 0.05) is 27.4 Å². The molecule has 0 fully saturated rings. The minimum atomic E-state index is -2.34. The average molecular weight is 533 g/mol. The van der Waals surface area contributed by atoms with E-state index in [1.165, 1.54) is 154 Å². The Bertz CT molecular complexity index is 386. The van der Waals surface area contributed by atoms with E-state index in [0.717, 1.165) is 18.2 Å². The van der Waals surface area contributed by atoms with Crippen molar-refractivity contribution in [3.8, 4) is 0 Å². The minimum Gasteiger partial charge on any atom is -0.377 e. The SMILES string of the molecule is CO[Si](CCCCCCCCCCCCCCCCCCCCCCCCCCCS)(OC)OC. The summed E-state index contributed by atoms with van der Waals surface area (Å²) in [6.07, 6.45) is 35.4. The molecule has 0 saturated carbocycles. The van der Waals surface area contributed by atoms with E-state index in [9.17, 15) is 0 Å². The van der Waals surface area contributed by atoms with Crippen molar-refractivity contribution in [2.45, 2.75) is 167 Å². The highest BCUT2D eigenvalue weighted by Crippen LogP contribution is 2.19. The normalized spacial score (nSPS) is 12.0. The Morgan fingerprint density at radius 2 is 0.543 bits per heavy atom. The number of hydrogen-bond donors (Lipinski definition) is 1. The lowest BCUT2D eigenvalue weighted by molar-refractivity contribution is 0.122. The summed E-state index contributed by atoms with van der Waals surface area (Å²) in [6.45, 7) is 0. The van der Waals surface area contributed by atoms with E-state index in [-0.39, 0.29) is 0 Å². The van der Waals surface area contributed by atoms with Crippen LogP contribution in [-0.2, 0) is 13.3 Å². The van der Waals surface area contributed by atoms with E-state index in [2.05, 4.69) is 12.6 Å². The van der Waals surface area contributed by atoms with Crippen LogP contribution in [0.2, 0.25) is 6.04 Å². The first kappa shape index (κ1) is 35.4. The molecule has 0 N–H and O–H groups in total. The summed E-state index contributed by atoms with van der Waals surface area (Å²) in [5.41, 5.74) is 0.